The molecule has 4 atom stereocenters. The highest BCUT2D eigenvalue weighted by Crippen LogP contribution is 2.33. The Kier molecular flexibility index (Phi) is 4.68. The predicted molar refractivity (Wildman–Crippen MR) is 80.1 cm³/mol. The Labute approximate surface area is 132 Å². The van der Waals surface area contributed by atoms with E-state index >= 15 is 0 Å². The number of ether oxygens (including phenoxy) is 2. The van der Waals surface area contributed by atoms with E-state index in [0.717, 1.165) is 0 Å². The van der Waals surface area contributed by atoms with Crippen LogP contribution in [-0.4, -0.2) is 67.8 Å². The second kappa shape index (κ2) is 6.72. The minimum Gasteiger partial charge on any atom is -0.394 e. The third kappa shape index (κ3) is 2.86. The number of aliphatic hydroxyl groups is 2. The molecule has 1 saturated heterocycles. The fourth-order valence-electron chi connectivity index (χ4n) is 2.66. The monoisotopic (exact) mass is 324 g/mol. The number of aromatic nitrogens is 4. The molecule has 2 aromatic heterocycles. The molecule has 0 bridgehead atoms. The smallest absolute Gasteiger partial charge is 0.167 e. The van der Waals surface area contributed by atoms with Crippen molar-refractivity contribution in [1.29, 1.82) is 0 Å². The fourth-order valence-corrected chi connectivity index (χ4v) is 2.66. The number of rotatable bonds is 6. The summed E-state index contributed by atoms with van der Waals surface area (Å²) in [6, 6.07) is 0. The molecule has 3 heterocycles. The first-order chi connectivity index (χ1) is 11.2. The molecule has 0 radical (unpaired) electrons. The molecule has 0 spiro atoms. The van der Waals surface area contributed by atoms with E-state index in [9.17, 15) is 10.2 Å². The van der Waals surface area contributed by atoms with Gasteiger partial charge in [0.25, 0.3) is 0 Å². The molecule has 2 aromatic rings. The summed E-state index contributed by atoms with van der Waals surface area (Å²) in [5, 5.41) is 20.0. The number of hydrogen-bond acceptors (Lipinski definition) is 9. The lowest BCUT2D eigenvalue weighted by molar-refractivity contribution is -0.0605. The minimum absolute atomic E-state index is 0.246. The van der Waals surface area contributed by atoms with E-state index in [1.54, 1.807) is 4.57 Å². The molecule has 1 fully saturated rings. The second-order valence-electron chi connectivity index (χ2n) is 5.30. The molecule has 3 rings (SSSR count). The van der Waals surface area contributed by atoms with Crippen molar-refractivity contribution in [1.82, 2.24) is 19.5 Å². The summed E-state index contributed by atoms with van der Waals surface area (Å²) in [4.78, 5) is 12.2. The fraction of sp³-hybridized carbons (Fsp3) is 0.615. The van der Waals surface area contributed by atoms with Crippen molar-refractivity contribution in [3.8, 4) is 0 Å². The van der Waals surface area contributed by atoms with Gasteiger partial charge in [-0.3, -0.25) is 4.57 Å². The number of aliphatic hydroxyl groups excluding tert-OH is 2. The van der Waals surface area contributed by atoms with Gasteiger partial charge < -0.3 is 31.2 Å². The number of hydrogen-bond donors (Lipinski definition) is 4. The molecule has 0 aliphatic carbocycles. The van der Waals surface area contributed by atoms with Crippen molar-refractivity contribution in [2.45, 2.75) is 31.0 Å². The molecule has 1 aliphatic rings. The maximum absolute atomic E-state index is 10.5. The number of nitrogens with zero attached hydrogens (tertiary/aromatic N) is 4. The highest BCUT2D eigenvalue weighted by Gasteiger charge is 2.45. The Morgan fingerprint density at radius 1 is 1.35 bits per heavy atom. The van der Waals surface area contributed by atoms with Gasteiger partial charge in [0.05, 0.1) is 12.9 Å². The molecular formula is C13H20N6O4. The Morgan fingerprint density at radius 3 is 2.91 bits per heavy atom. The predicted octanol–water partition coefficient (Wildman–Crippen LogP) is -1.61. The van der Waals surface area contributed by atoms with E-state index in [-0.39, 0.29) is 12.4 Å². The van der Waals surface area contributed by atoms with Gasteiger partial charge in [0.2, 0.25) is 0 Å². The molecule has 23 heavy (non-hydrogen) atoms. The first-order valence-corrected chi connectivity index (χ1v) is 7.36. The van der Waals surface area contributed by atoms with Crippen molar-refractivity contribution in [3.63, 3.8) is 0 Å². The van der Waals surface area contributed by atoms with Crippen LogP contribution in [0, 0.1) is 0 Å². The molecule has 126 valence electrons. The summed E-state index contributed by atoms with van der Waals surface area (Å²) in [5.74, 6) is 0.246. The zero-order valence-electron chi connectivity index (χ0n) is 12.4. The molecule has 10 nitrogen and oxygen atoms in total. The molecule has 0 saturated carbocycles. The van der Waals surface area contributed by atoms with E-state index in [0.29, 0.717) is 30.7 Å². The quantitative estimate of drug-likeness (QED) is 0.459. The Hall–Kier alpha value is -1.85. The lowest BCUT2D eigenvalue weighted by atomic mass is 10.1. The highest BCUT2D eigenvalue weighted by atomic mass is 16.6. The van der Waals surface area contributed by atoms with Gasteiger partial charge in [-0.15, -0.1) is 0 Å². The molecule has 0 aromatic carbocycles. The Bertz CT molecular complexity index is 665. The van der Waals surface area contributed by atoms with Crippen LogP contribution in [0.2, 0.25) is 0 Å². The average molecular weight is 324 g/mol. The van der Waals surface area contributed by atoms with E-state index in [2.05, 4.69) is 15.0 Å². The van der Waals surface area contributed by atoms with Gasteiger partial charge >= 0.3 is 0 Å². The lowest BCUT2D eigenvalue weighted by Crippen LogP contribution is -2.36. The van der Waals surface area contributed by atoms with E-state index in [1.165, 1.54) is 12.7 Å². The van der Waals surface area contributed by atoms with Crippen LogP contribution in [0.1, 0.15) is 12.6 Å². The molecular weight excluding hydrogens is 304 g/mol. The third-order valence-corrected chi connectivity index (χ3v) is 3.81. The van der Waals surface area contributed by atoms with Crippen LogP contribution in [0.4, 0.5) is 5.82 Å². The van der Waals surface area contributed by atoms with Gasteiger partial charge in [0, 0.05) is 6.61 Å². The van der Waals surface area contributed by atoms with Gasteiger partial charge in [-0.05, 0) is 13.0 Å². The van der Waals surface area contributed by atoms with Crippen LogP contribution in [-0.2, 0) is 9.47 Å². The van der Waals surface area contributed by atoms with Crippen LogP contribution in [0.25, 0.3) is 11.2 Å². The maximum Gasteiger partial charge on any atom is 0.167 e. The summed E-state index contributed by atoms with van der Waals surface area (Å²) in [7, 11) is 0. The van der Waals surface area contributed by atoms with Crippen molar-refractivity contribution in [3.05, 3.63) is 12.7 Å². The number of nitrogens with two attached hydrogens (primary N) is 2. The van der Waals surface area contributed by atoms with Crippen molar-refractivity contribution in [2.75, 3.05) is 25.5 Å². The van der Waals surface area contributed by atoms with Gasteiger partial charge in [-0.2, -0.15) is 0 Å². The van der Waals surface area contributed by atoms with Crippen LogP contribution in [0.15, 0.2) is 12.7 Å². The molecule has 1 aliphatic heterocycles. The van der Waals surface area contributed by atoms with Crippen LogP contribution in [0.5, 0.6) is 0 Å². The third-order valence-electron chi connectivity index (χ3n) is 3.81. The zero-order valence-corrected chi connectivity index (χ0v) is 12.4. The van der Waals surface area contributed by atoms with Crippen molar-refractivity contribution < 1.29 is 19.7 Å². The summed E-state index contributed by atoms with van der Waals surface area (Å²) in [5.41, 5.74) is 12.1. The second-order valence-corrected chi connectivity index (χ2v) is 5.30. The van der Waals surface area contributed by atoms with E-state index in [4.69, 9.17) is 20.9 Å². The van der Waals surface area contributed by atoms with Gasteiger partial charge in [0.1, 0.15) is 30.2 Å². The van der Waals surface area contributed by atoms with Crippen LogP contribution < -0.4 is 11.5 Å². The molecule has 6 N–H and O–H groups in total. The molecule has 0 unspecified atom stereocenters. The SMILES string of the molecule is NCCCO[C@H]1[C@@H](O)[C@H](n2cnc3c(N)ncnc32)O[C@@H]1CO. The first kappa shape index (κ1) is 16.0. The summed E-state index contributed by atoms with van der Waals surface area (Å²) >= 11 is 0. The summed E-state index contributed by atoms with van der Waals surface area (Å²) in [6.07, 6.45) is 0.366. The highest BCUT2D eigenvalue weighted by molar-refractivity contribution is 5.81. The summed E-state index contributed by atoms with van der Waals surface area (Å²) < 4.78 is 12.9. The van der Waals surface area contributed by atoms with Gasteiger partial charge in [-0.25, -0.2) is 15.0 Å². The zero-order chi connectivity index (χ0) is 16.4. The topological polar surface area (TPSA) is 155 Å². The van der Waals surface area contributed by atoms with E-state index in [1.807, 2.05) is 0 Å². The van der Waals surface area contributed by atoms with Crippen LogP contribution in [0.3, 0.4) is 0 Å². The standard InChI is InChI=1S/C13H20N6O4/c14-2-1-3-22-10-7(4-20)23-13(9(10)21)19-6-18-8-11(15)16-5-17-12(8)19/h5-7,9-10,13,20-21H,1-4,14H2,(H2,15,16,17)/t7-,9-,10-,13-/m1/s1. The number of anilines is 1. The van der Waals surface area contributed by atoms with Crippen molar-refractivity contribution >= 4 is 17.0 Å². The largest absolute Gasteiger partial charge is 0.394 e. The number of nitrogen functional groups attached to an aromatic ring is 1. The van der Waals surface area contributed by atoms with E-state index < -0.39 is 24.5 Å². The first-order valence-electron chi connectivity index (χ1n) is 7.36. The lowest BCUT2D eigenvalue weighted by Gasteiger charge is -2.19. The number of fused-ring (bicyclic) bond motifs is 1. The molecule has 0 amide bonds. The average Bonchev–Trinajstić information content (AvgIpc) is 3.10. The summed E-state index contributed by atoms with van der Waals surface area (Å²) in [6.45, 7) is 0.592. The van der Waals surface area contributed by atoms with Gasteiger partial charge in [0.15, 0.2) is 17.7 Å². The minimum atomic E-state index is -0.987. The molecule has 10 heteroatoms. The van der Waals surface area contributed by atoms with Crippen LogP contribution >= 0.6 is 0 Å². The maximum atomic E-state index is 10.5. The van der Waals surface area contributed by atoms with Crippen molar-refractivity contribution in [2.24, 2.45) is 5.73 Å². The van der Waals surface area contributed by atoms with Gasteiger partial charge in [-0.1, -0.05) is 0 Å². The number of imidazole rings is 1. The Balaban J connectivity index is 1.86. The Morgan fingerprint density at radius 2 is 2.17 bits per heavy atom. The normalized spacial score (nSPS) is 27.8.